The Balaban J connectivity index is 1.76. The van der Waals surface area contributed by atoms with E-state index in [1.165, 1.54) is 5.56 Å². The Bertz CT molecular complexity index is 467. The van der Waals surface area contributed by atoms with Gasteiger partial charge in [-0.15, -0.1) is 0 Å². The number of rotatable bonds is 7. The molecule has 0 heterocycles. The summed E-state index contributed by atoms with van der Waals surface area (Å²) in [7, 11) is 0. The third-order valence-corrected chi connectivity index (χ3v) is 4.34. The Labute approximate surface area is 126 Å². The smallest absolute Gasteiger partial charge is 0.257 e. The van der Waals surface area contributed by atoms with Gasteiger partial charge in [-0.3, -0.25) is 4.79 Å². The number of aliphatic hydroxyl groups excluding tert-OH is 1. The molecular weight excluding hydrogens is 266 g/mol. The van der Waals surface area contributed by atoms with E-state index in [1.54, 1.807) is 0 Å². The molecule has 116 valence electrons. The average molecular weight is 291 g/mol. The van der Waals surface area contributed by atoms with Crippen LogP contribution >= 0.6 is 0 Å². The summed E-state index contributed by atoms with van der Waals surface area (Å²) >= 11 is 0. The summed E-state index contributed by atoms with van der Waals surface area (Å²) < 4.78 is 5.52. The fraction of sp³-hybridized carbons (Fsp3) is 0.588. The van der Waals surface area contributed by atoms with Crippen molar-refractivity contribution in [1.82, 2.24) is 5.32 Å². The van der Waals surface area contributed by atoms with Crippen molar-refractivity contribution in [3.8, 4) is 5.75 Å². The molecule has 0 saturated heterocycles. The highest BCUT2D eigenvalue weighted by Gasteiger charge is 2.33. The monoisotopic (exact) mass is 291 g/mol. The molecule has 2 rings (SSSR count). The molecule has 1 saturated carbocycles. The first-order valence-corrected chi connectivity index (χ1v) is 7.77. The molecule has 0 unspecified atom stereocenters. The lowest BCUT2D eigenvalue weighted by Gasteiger charge is -2.26. The first kappa shape index (κ1) is 15.8. The second kappa shape index (κ2) is 7.46. The summed E-state index contributed by atoms with van der Waals surface area (Å²) in [6.45, 7) is 2.80. The number of benzene rings is 1. The predicted molar refractivity (Wildman–Crippen MR) is 82.3 cm³/mol. The molecular formula is C17H25NO3. The predicted octanol–water partition coefficient (Wildman–Crippen LogP) is 2.30. The van der Waals surface area contributed by atoms with E-state index < -0.39 is 0 Å². The number of carbonyl (C=O) groups is 1. The van der Waals surface area contributed by atoms with Gasteiger partial charge in [-0.2, -0.15) is 0 Å². The number of aryl methyl sites for hydroxylation is 1. The summed E-state index contributed by atoms with van der Waals surface area (Å²) in [4.78, 5) is 11.9. The molecule has 1 aliphatic rings. The first-order chi connectivity index (χ1) is 10.2. The maximum atomic E-state index is 11.9. The number of hydrogen-bond donors (Lipinski definition) is 2. The minimum atomic E-state index is -0.128. The van der Waals surface area contributed by atoms with E-state index in [2.05, 4.69) is 12.2 Å². The fourth-order valence-electron chi connectivity index (χ4n) is 2.86. The van der Waals surface area contributed by atoms with E-state index in [0.29, 0.717) is 6.54 Å². The number of nitrogens with one attached hydrogen (secondary N) is 1. The van der Waals surface area contributed by atoms with Gasteiger partial charge in [-0.1, -0.05) is 31.9 Å². The normalized spacial score (nSPS) is 16.7. The van der Waals surface area contributed by atoms with Gasteiger partial charge in [0.25, 0.3) is 5.91 Å². The Morgan fingerprint density at radius 2 is 2.14 bits per heavy atom. The SMILES string of the molecule is CCc1cccc(OCC(=O)NCC2(CO)CCCC2)c1. The third kappa shape index (κ3) is 4.46. The van der Waals surface area contributed by atoms with E-state index in [4.69, 9.17) is 4.74 Å². The van der Waals surface area contributed by atoms with Crippen molar-refractivity contribution in [1.29, 1.82) is 0 Å². The van der Waals surface area contributed by atoms with Crippen LogP contribution in [0.1, 0.15) is 38.2 Å². The van der Waals surface area contributed by atoms with E-state index in [-0.39, 0.29) is 24.5 Å². The molecule has 1 aromatic carbocycles. The lowest BCUT2D eigenvalue weighted by Crippen LogP contribution is -2.40. The molecule has 4 heteroatoms. The molecule has 1 amide bonds. The largest absolute Gasteiger partial charge is 0.484 e. The van der Waals surface area contributed by atoms with Crippen LogP contribution in [0.5, 0.6) is 5.75 Å². The maximum Gasteiger partial charge on any atom is 0.257 e. The van der Waals surface area contributed by atoms with Gasteiger partial charge in [0.05, 0.1) is 6.61 Å². The van der Waals surface area contributed by atoms with E-state index >= 15 is 0 Å². The quantitative estimate of drug-likeness (QED) is 0.810. The molecule has 0 aliphatic heterocycles. The van der Waals surface area contributed by atoms with Crippen molar-refractivity contribution in [3.05, 3.63) is 29.8 Å². The summed E-state index contributed by atoms with van der Waals surface area (Å²) in [5.74, 6) is 0.596. The van der Waals surface area contributed by atoms with Gasteiger partial charge in [-0.25, -0.2) is 0 Å². The first-order valence-electron chi connectivity index (χ1n) is 7.77. The summed E-state index contributed by atoms with van der Waals surface area (Å²) in [5.41, 5.74) is 1.08. The summed E-state index contributed by atoms with van der Waals surface area (Å²) in [6.07, 6.45) is 5.20. The van der Waals surface area contributed by atoms with Gasteiger partial charge in [-0.05, 0) is 37.0 Å². The van der Waals surface area contributed by atoms with Gasteiger partial charge in [0.1, 0.15) is 5.75 Å². The molecule has 1 aromatic rings. The van der Waals surface area contributed by atoms with Crippen LogP contribution in [-0.2, 0) is 11.2 Å². The second-order valence-corrected chi connectivity index (χ2v) is 5.93. The van der Waals surface area contributed by atoms with Crippen LogP contribution in [0.2, 0.25) is 0 Å². The topological polar surface area (TPSA) is 58.6 Å². The lowest BCUT2D eigenvalue weighted by atomic mass is 9.87. The number of hydrogen-bond acceptors (Lipinski definition) is 3. The van der Waals surface area contributed by atoms with Crippen LogP contribution in [0, 0.1) is 5.41 Å². The molecule has 0 spiro atoms. The molecule has 0 atom stereocenters. The Hall–Kier alpha value is -1.55. The average Bonchev–Trinajstić information content (AvgIpc) is 3.00. The van der Waals surface area contributed by atoms with Crippen LogP contribution in [-0.4, -0.2) is 30.8 Å². The van der Waals surface area contributed by atoms with Crippen molar-refractivity contribution in [3.63, 3.8) is 0 Å². The minimum Gasteiger partial charge on any atom is -0.484 e. The third-order valence-electron chi connectivity index (χ3n) is 4.34. The Morgan fingerprint density at radius 3 is 2.81 bits per heavy atom. The van der Waals surface area contributed by atoms with E-state index in [0.717, 1.165) is 37.9 Å². The molecule has 0 bridgehead atoms. The number of ether oxygens (including phenoxy) is 1. The van der Waals surface area contributed by atoms with Crippen LogP contribution in [0.4, 0.5) is 0 Å². The van der Waals surface area contributed by atoms with E-state index in [9.17, 15) is 9.90 Å². The molecule has 0 radical (unpaired) electrons. The molecule has 21 heavy (non-hydrogen) atoms. The van der Waals surface area contributed by atoms with Crippen molar-refractivity contribution in [2.24, 2.45) is 5.41 Å². The lowest BCUT2D eigenvalue weighted by molar-refractivity contribution is -0.123. The highest BCUT2D eigenvalue weighted by atomic mass is 16.5. The molecule has 4 nitrogen and oxygen atoms in total. The summed E-state index contributed by atoms with van der Waals surface area (Å²) in [5, 5.41) is 12.4. The Kier molecular flexibility index (Phi) is 5.62. The zero-order valence-electron chi connectivity index (χ0n) is 12.7. The zero-order chi connectivity index (χ0) is 15.1. The van der Waals surface area contributed by atoms with Crippen LogP contribution in [0.25, 0.3) is 0 Å². The highest BCUT2D eigenvalue weighted by Crippen LogP contribution is 2.36. The summed E-state index contributed by atoms with van der Waals surface area (Å²) in [6, 6.07) is 7.79. The standard InChI is InChI=1S/C17H25NO3/c1-2-14-6-5-7-15(10-14)21-11-16(20)18-12-17(13-19)8-3-4-9-17/h5-7,10,19H,2-4,8-9,11-13H2,1H3,(H,18,20). The van der Waals surface area contributed by atoms with E-state index in [1.807, 2.05) is 24.3 Å². The number of amides is 1. The number of aliphatic hydroxyl groups is 1. The molecule has 2 N–H and O–H groups in total. The highest BCUT2D eigenvalue weighted by molar-refractivity contribution is 5.77. The van der Waals surface area contributed by atoms with Crippen LogP contribution in [0.15, 0.2) is 24.3 Å². The second-order valence-electron chi connectivity index (χ2n) is 5.93. The van der Waals surface area contributed by atoms with Gasteiger partial charge in [0, 0.05) is 12.0 Å². The molecule has 1 aliphatic carbocycles. The van der Waals surface area contributed by atoms with Crippen molar-refractivity contribution in [2.45, 2.75) is 39.0 Å². The van der Waals surface area contributed by atoms with Gasteiger partial charge in [0.2, 0.25) is 0 Å². The van der Waals surface area contributed by atoms with Crippen molar-refractivity contribution >= 4 is 5.91 Å². The Morgan fingerprint density at radius 1 is 1.38 bits per heavy atom. The van der Waals surface area contributed by atoms with Crippen molar-refractivity contribution < 1.29 is 14.6 Å². The van der Waals surface area contributed by atoms with Crippen LogP contribution in [0.3, 0.4) is 0 Å². The minimum absolute atomic E-state index is 0.0225. The van der Waals surface area contributed by atoms with Gasteiger partial charge >= 0.3 is 0 Å². The van der Waals surface area contributed by atoms with Gasteiger partial charge < -0.3 is 15.2 Å². The number of carbonyl (C=O) groups excluding carboxylic acids is 1. The molecule has 1 fully saturated rings. The van der Waals surface area contributed by atoms with Crippen LogP contribution < -0.4 is 10.1 Å². The zero-order valence-corrected chi connectivity index (χ0v) is 12.7. The maximum absolute atomic E-state index is 11.9. The van der Waals surface area contributed by atoms with Gasteiger partial charge in [0.15, 0.2) is 6.61 Å². The van der Waals surface area contributed by atoms with Crippen molar-refractivity contribution in [2.75, 3.05) is 19.8 Å². The fourth-order valence-corrected chi connectivity index (χ4v) is 2.86. The molecule has 0 aromatic heterocycles.